The molecule has 122 valence electrons. The molecule has 22 heavy (non-hydrogen) atoms. The van der Waals surface area contributed by atoms with Crippen LogP contribution in [-0.2, 0) is 4.79 Å². The van der Waals surface area contributed by atoms with Crippen molar-refractivity contribution in [2.24, 2.45) is 0 Å². The zero-order valence-corrected chi connectivity index (χ0v) is 15.2. The molecule has 0 aliphatic rings. The lowest BCUT2D eigenvalue weighted by atomic mass is 10.2. The van der Waals surface area contributed by atoms with Crippen LogP contribution >= 0.6 is 33.2 Å². The van der Waals surface area contributed by atoms with Crippen LogP contribution in [0.25, 0.3) is 6.08 Å². The highest BCUT2D eigenvalue weighted by Gasteiger charge is 2.23. The van der Waals surface area contributed by atoms with E-state index in [0.717, 1.165) is 18.9 Å². The molecule has 0 heterocycles. The Labute approximate surface area is 144 Å². The summed E-state index contributed by atoms with van der Waals surface area (Å²) >= 11 is 17.4. The number of aliphatic carboxylic acids is 1. The summed E-state index contributed by atoms with van der Waals surface area (Å²) in [6, 6.07) is 3.18. The number of carbonyl (C=O) groups is 1. The minimum absolute atomic E-state index is 0.486. The van der Waals surface area contributed by atoms with Crippen molar-refractivity contribution in [2.45, 2.75) is 18.9 Å². The van der Waals surface area contributed by atoms with Gasteiger partial charge < -0.3 is 19.4 Å². The van der Waals surface area contributed by atoms with Gasteiger partial charge in [-0.15, -0.1) is 33.2 Å². The number of methoxy groups -OCH3 is 1. The third-order valence-corrected chi connectivity index (χ3v) is 5.33. The van der Waals surface area contributed by atoms with E-state index in [1.54, 1.807) is 18.2 Å². The highest BCUT2D eigenvalue weighted by atomic mass is 35.8. The van der Waals surface area contributed by atoms with Crippen LogP contribution in [0, 0.1) is 0 Å². The van der Waals surface area contributed by atoms with Crippen molar-refractivity contribution in [3.05, 3.63) is 29.8 Å². The van der Waals surface area contributed by atoms with Crippen LogP contribution in [0.4, 0.5) is 0 Å². The Balaban J connectivity index is 2.55. The number of hydrogen-bond donors (Lipinski definition) is 0. The SMILES string of the molecule is COc1cc(/C=C/C(=O)[O-])ccc1OCCCC[Si](Cl)(Cl)Cl. The number of carboxylic acid groups (broad SMARTS) is 1. The quantitative estimate of drug-likeness (QED) is 0.285. The summed E-state index contributed by atoms with van der Waals surface area (Å²) in [4.78, 5) is 10.4. The topological polar surface area (TPSA) is 58.6 Å². The van der Waals surface area contributed by atoms with Crippen LogP contribution in [-0.4, -0.2) is 25.7 Å². The zero-order chi connectivity index (χ0) is 16.6. The molecule has 0 saturated heterocycles. The summed E-state index contributed by atoms with van der Waals surface area (Å²) in [5.41, 5.74) is 0.676. The van der Waals surface area contributed by atoms with Gasteiger partial charge >= 0.3 is 6.00 Å². The lowest BCUT2D eigenvalue weighted by Gasteiger charge is -2.12. The Kier molecular flexibility index (Phi) is 8.10. The summed E-state index contributed by atoms with van der Waals surface area (Å²) in [6.45, 7) is 0.486. The maximum atomic E-state index is 10.4. The van der Waals surface area contributed by atoms with E-state index in [1.807, 2.05) is 0 Å². The lowest BCUT2D eigenvalue weighted by molar-refractivity contribution is -0.297. The second kappa shape index (κ2) is 9.30. The zero-order valence-electron chi connectivity index (χ0n) is 12.0. The van der Waals surface area contributed by atoms with E-state index < -0.39 is 12.0 Å². The molecule has 0 unspecified atom stereocenters. The van der Waals surface area contributed by atoms with Crippen molar-refractivity contribution in [3.63, 3.8) is 0 Å². The molecule has 0 aromatic heterocycles. The standard InChI is InChI=1S/C14H17Cl3O4Si/c1-20-13-10-11(5-7-14(18)19)4-6-12(13)21-8-2-3-9-22(15,16)17/h4-7,10H,2-3,8-9H2,1H3,(H,18,19)/p-1/b7-5+. The number of hydrogen-bond acceptors (Lipinski definition) is 4. The molecular formula is C14H16Cl3O4Si-. The second-order valence-electron chi connectivity index (χ2n) is 4.48. The van der Waals surface area contributed by atoms with Crippen molar-refractivity contribution in [3.8, 4) is 11.5 Å². The monoisotopic (exact) mass is 381 g/mol. The summed E-state index contributed by atoms with van der Waals surface area (Å²) in [7, 11) is 1.52. The molecule has 0 fully saturated rings. The van der Waals surface area contributed by atoms with Crippen molar-refractivity contribution in [1.82, 2.24) is 0 Å². The van der Waals surface area contributed by atoms with Crippen LogP contribution in [0.5, 0.6) is 11.5 Å². The molecule has 0 amide bonds. The smallest absolute Gasteiger partial charge is 0.341 e. The predicted octanol–water partition coefficient (Wildman–Crippen LogP) is 3.27. The van der Waals surface area contributed by atoms with Gasteiger partial charge in [-0.25, -0.2) is 0 Å². The van der Waals surface area contributed by atoms with Gasteiger partial charge in [-0.05, 0) is 42.7 Å². The minimum atomic E-state index is -2.55. The highest BCUT2D eigenvalue weighted by molar-refractivity contribution is 7.64. The van der Waals surface area contributed by atoms with Gasteiger partial charge in [-0.1, -0.05) is 12.1 Å². The minimum Gasteiger partial charge on any atom is -0.545 e. The van der Waals surface area contributed by atoms with Gasteiger partial charge in [0.2, 0.25) is 0 Å². The number of carboxylic acids is 1. The Hall–Kier alpha value is -0.883. The average molecular weight is 383 g/mol. The molecule has 0 bridgehead atoms. The number of unbranched alkanes of at least 4 members (excludes halogenated alkanes) is 1. The first kappa shape index (κ1) is 19.2. The lowest BCUT2D eigenvalue weighted by Crippen LogP contribution is -2.18. The molecule has 1 aromatic rings. The van der Waals surface area contributed by atoms with E-state index >= 15 is 0 Å². The first-order valence-corrected chi connectivity index (χ1v) is 11.8. The Morgan fingerprint density at radius 3 is 2.59 bits per heavy atom. The van der Waals surface area contributed by atoms with E-state index in [1.165, 1.54) is 13.2 Å². The summed E-state index contributed by atoms with van der Waals surface area (Å²) in [5.74, 6) is -0.146. The van der Waals surface area contributed by atoms with Gasteiger partial charge in [0.05, 0.1) is 19.7 Å². The number of ether oxygens (including phenoxy) is 2. The van der Waals surface area contributed by atoms with Crippen molar-refractivity contribution < 1.29 is 19.4 Å². The third-order valence-electron chi connectivity index (χ3n) is 2.71. The molecule has 1 rings (SSSR count). The number of carbonyl (C=O) groups excluding carboxylic acids is 1. The maximum absolute atomic E-state index is 10.4. The van der Waals surface area contributed by atoms with Gasteiger partial charge in [0.1, 0.15) is 0 Å². The van der Waals surface area contributed by atoms with Gasteiger partial charge in [0.15, 0.2) is 11.5 Å². The van der Waals surface area contributed by atoms with Crippen molar-refractivity contribution >= 4 is 51.3 Å². The molecule has 0 aliphatic carbocycles. The number of halogens is 3. The van der Waals surface area contributed by atoms with Crippen molar-refractivity contribution in [2.75, 3.05) is 13.7 Å². The third kappa shape index (κ3) is 7.94. The van der Waals surface area contributed by atoms with Gasteiger partial charge in [0.25, 0.3) is 0 Å². The van der Waals surface area contributed by atoms with E-state index in [0.29, 0.717) is 29.7 Å². The van der Waals surface area contributed by atoms with E-state index in [9.17, 15) is 9.90 Å². The molecule has 1 aromatic carbocycles. The van der Waals surface area contributed by atoms with Gasteiger partial charge in [0, 0.05) is 0 Å². The van der Waals surface area contributed by atoms with Crippen LogP contribution in [0.3, 0.4) is 0 Å². The first-order valence-electron chi connectivity index (χ1n) is 6.58. The molecule has 0 spiro atoms. The fourth-order valence-electron chi connectivity index (χ4n) is 1.68. The summed E-state index contributed by atoms with van der Waals surface area (Å²) in [5, 5.41) is 10.4. The fraction of sp³-hybridized carbons (Fsp3) is 0.357. The molecule has 0 aliphatic heterocycles. The van der Waals surface area contributed by atoms with E-state index in [2.05, 4.69) is 0 Å². The maximum Gasteiger partial charge on any atom is 0.341 e. The predicted molar refractivity (Wildman–Crippen MR) is 89.9 cm³/mol. The molecular weight excluding hydrogens is 367 g/mol. The van der Waals surface area contributed by atoms with Crippen molar-refractivity contribution in [1.29, 1.82) is 0 Å². The molecule has 0 saturated carbocycles. The normalized spacial score (nSPS) is 11.6. The van der Waals surface area contributed by atoms with Gasteiger partial charge in [-0.2, -0.15) is 0 Å². The summed E-state index contributed by atoms with van der Waals surface area (Å²) < 4.78 is 10.9. The van der Waals surface area contributed by atoms with Crippen LogP contribution < -0.4 is 14.6 Å². The Bertz CT molecular complexity index is 529. The molecule has 0 N–H and O–H groups in total. The summed E-state index contributed by atoms with van der Waals surface area (Å²) in [6.07, 6.45) is 3.94. The molecule has 8 heteroatoms. The number of benzene rings is 1. The van der Waals surface area contributed by atoms with E-state index in [4.69, 9.17) is 42.7 Å². The Morgan fingerprint density at radius 2 is 2.00 bits per heavy atom. The molecule has 4 nitrogen and oxygen atoms in total. The van der Waals surface area contributed by atoms with Crippen LogP contribution in [0.15, 0.2) is 24.3 Å². The van der Waals surface area contributed by atoms with E-state index in [-0.39, 0.29) is 0 Å². The Morgan fingerprint density at radius 1 is 1.27 bits per heavy atom. The fourth-order valence-corrected chi connectivity index (χ4v) is 3.53. The number of rotatable bonds is 9. The molecule has 0 radical (unpaired) electrons. The highest BCUT2D eigenvalue weighted by Crippen LogP contribution is 2.30. The van der Waals surface area contributed by atoms with Crippen LogP contribution in [0.2, 0.25) is 6.04 Å². The molecule has 0 atom stereocenters. The van der Waals surface area contributed by atoms with Gasteiger partial charge in [-0.3, -0.25) is 0 Å². The second-order valence-corrected chi connectivity index (χ2v) is 13.8. The van der Waals surface area contributed by atoms with Crippen LogP contribution in [0.1, 0.15) is 18.4 Å². The first-order chi connectivity index (χ1) is 10.3. The average Bonchev–Trinajstić information content (AvgIpc) is 2.44. The largest absolute Gasteiger partial charge is 0.545 e.